The van der Waals surface area contributed by atoms with Crippen molar-refractivity contribution in [2.75, 3.05) is 7.11 Å². The molecule has 0 aliphatic carbocycles. The van der Waals surface area contributed by atoms with Crippen LogP contribution in [-0.4, -0.2) is 19.1 Å². The number of hydrogen-bond donors (Lipinski definition) is 1. The first-order valence-corrected chi connectivity index (χ1v) is 5.96. The largest absolute Gasteiger partial charge is 0.467 e. The lowest BCUT2D eigenvalue weighted by molar-refractivity contribution is -0.148. The molecule has 0 fully saturated rings. The maximum Gasteiger partial charge on any atom is 0.330 e. The second kappa shape index (κ2) is 5.82. The number of nitrogens with one attached hydrogen (secondary N) is 1. The molecule has 0 aliphatic heterocycles. The van der Waals surface area contributed by atoms with Crippen LogP contribution in [0.3, 0.4) is 0 Å². The highest BCUT2D eigenvalue weighted by atomic mass is 16.5. The molecule has 0 bridgehead atoms. The zero-order valence-electron chi connectivity index (χ0n) is 11.0. The number of rotatable bonds is 5. The van der Waals surface area contributed by atoms with E-state index >= 15 is 0 Å². The molecule has 0 radical (unpaired) electrons. The van der Waals surface area contributed by atoms with Gasteiger partial charge in [-0.2, -0.15) is 0 Å². The van der Waals surface area contributed by atoms with Crippen LogP contribution in [0.15, 0.2) is 30.3 Å². The number of benzene rings is 1. The second-order valence-electron chi connectivity index (χ2n) is 4.44. The van der Waals surface area contributed by atoms with Crippen LogP contribution in [0.2, 0.25) is 0 Å². The van der Waals surface area contributed by atoms with Gasteiger partial charge in [-0.3, -0.25) is 5.32 Å². The SMILES string of the molecule is CCC(C)NC(C)(C(=O)OC)c1ccccc1. The first kappa shape index (κ1) is 13.7. The number of methoxy groups -OCH3 is 1. The first-order valence-electron chi connectivity index (χ1n) is 5.96. The molecule has 1 aromatic carbocycles. The van der Waals surface area contributed by atoms with Gasteiger partial charge < -0.3 is 4.74 Å². The summed E-state index contributed by atoms with van der Waals surface area (Å²) in [7, 11) is 1.42. The molecule has 0 aromatic heterocycles. The molecule has 2 atom stereocenters. The third kappa shape index (κ3) is 3.07. The summed E-state index contributed by atoms with van der Waals surface area (Å²) in [5.74, 6) is -0.260. The van der Waals surface area contributed by atoms with E-state index in [4.69, 9.17) is 4.74 Å². The van der Waals surface area contributed by atoms with Crippen molar-refractivity contribution in [2.24, 2.45) is 0 Å². The summed E-state index contributed by atoms with van der Waals surface area (Å²) >= 11 is 0. The Morgan fingerprint density at radius 2 is 2.00 bits per heavy atom. The summed E-state index contributed by atoms with van der Waals surface area (Å²) in [6, 6.07) is 9.91. The van der Waals surface area contributed by atoms with Crippen LogP contribution < -0.4 is 5.32 Å². The van der Waals surface area contributed by atoms with Crippen LogP contribution in [-0.2, 0) is 15.1 Å². The fourth-order valence-electron chi connectivity index (χ4n) is 1.83. The Balaban J connectivity index is 3.06. The molecule has 3 heteroatoms. The molecule has 0 saturated carbocycles. The van der Waals surface area contributed by atoms with Crippen LogP contribution in [0.4, 0.5) is 0 Å². The highest BCUT2D eigenvalue weighted by Gasteiger charge is 2.36. The highest BCUT2D eigenvalue weighted by molar-refractivity contribution is 5.82. The molecule has 1 N–H and O–H groups in total. The Morgan fingerprint density at radius 1 is 1.41 bits per heavy atom. The quantitative estimate of drug-likeness (QED) is 0.797. The van der Waals surface area contributed by atoms with Crippen molar-refractivity contribution in [2.45, 2.75) is 38.8 Å². The molecular formula is C14H21NO2. The molecule has 1 aromatic rings. The average molecular weight is 235 g/mol. The van der Waals surface area contributed by atoms with E-state index in [2.05, 4.69) is 19.2 Å². The summed E-state index contributed by atoms with van der Waals surface area (Å²) in [6.07, 6.45) is 0.958. The number of hydrogen-bond acceptors (Lipinski definition) is 3. The Bertz CT molecular complexity index is 364. The van der Waals surface area contributed by atoms with Crippen molar-refractivity contribution in [3.05, 3.63) is 35.9 Å². The standard InChI is InChI=1S/C14H21NO2/c1-5-11(2)15-14(3,13(16)17-4)12-9-7-6-8-10-12/h6-11,15H,5H2,1-4H3. The molecule has 17 heavy (non-hydrogen) atoms. The zero-order chi connectivity index (χ0) is 12.9. The van der Waals surface area contributed by atoms with E-state index in [9.17, 15) is 4.79 Å². The second-order valence-corrected chi connectivity index (χ2v) is 4.44. The number of ether oxygens (including phenoxy) is 1. The predicted molar refractivity (Wildman–Crippen MR) is 68.7 cm³/mol. The van der Waals surface area contributed by atoms with Gasteiger partial charge in [0.05, 0.1) is 7.11 Å². The van der Waals surface area contributed by atoms with E-state index in [1.165, 1.54) is 7.11 Å². The van der Waals surface area contributed by atoms with E-state index in [-0.39, 0.29) is 12.0 Å². The lowest BCUT2D eigenvalue weighted by atomic mass is 9.91. The van der Waals surface area contributed by atoms with Crippen molar-refractivity contribution in [1.82, 2.24) is 5.32 Å². The van der Waals surface area contributed by atoms with Gasteiger partial charge in [0.15, 0.2) is 0 Å². The van der Waals surface area contributed by atoms with Crippen molar-refractivity contribution in [3.63, 3.8) is 0 Å². The third-order valence-corrected chi connectivity index (χ3v) is 3.09. The minimum atomic E-state index is -0.786. The van der Waals surface area contributed by atoms with Crippen LogP contribution in [0.25, 0.3) is 0 Å². The van der Waals surface area contributed by atoms with E-state index in [1.807, 2.05) is 37.3 Å². The average Bonchev–Trinajstić information content (AvgIpc) is 2.38. The van der Waals surface area contributed by atoms with Crippen molar-refractivity contribution in [1.29, 1.82) is 0 Å². The van der Waals surface area contributed by atoms with Crippen molar-refractivity contribution < 1.29 is 9.53 Å². The topological polar surface area (TPSA) is 38.3 Å². The summed E-state index contributed by atoms with van der Waals surface area (Å²) in [5.41, 5.74) is 0.137. The normalized spacial score (nSPS) is 16.0. The molecule has 94 valence electrons. The highest BCUT2D eigenvalue weighted by Crippen LogP contribution is 2.23. The Labute approximate surface area is 103 Å². The first-order chi connectivity index (χ1) is 8.04. The van der Waals surface area contributed by atoms with Gasteiger partial charge in [0.2, 0.25) is 0 Å². The smallest absolute Gasteiger partial charge is 0.330 e. The van der Waals surface area contributed by atoms with Crippen LogP contribution >= 0.6 is 0 Å². The molecule has 1 rings (SSSR count). The molecule has 0 spiro atoms. The van der Waals surface area contributed by atoms with Crippen LogP contribution in [0.1, 0.15) is 32.8 Å². The lowest BCUT2D eigenvalue weighted by Gasteiger charge is -2.31. The van der Waals surface area contributed by atoms with E-state index < -0.39 is 5.54 Å². The number of carbonyl (C=O) groups is 1. The van der Waals surface area contributed by atoms with Gasteiger partial charge in [0.25, 0.3) is 0 Å². The summed E-state index contributed by atoms with van der Waals surface area (Å²) in [4.78, 5) is 12.0. The Kier molecular flexibility index (Phi) is 4.70. The van der Waals surface area contributed by atoms with Gasteiger partial charge in [-0.05, 0) is 25.8 Å². The van der Waals surface area contributed by atoms with Crippen molar-refractivity contribution >= 4 is 5.97 Å². The molecule has 0 amide bonds. The number of carbonyl (C=O) groups excluding carboxylic acids is 1. The molecule has 0 saturated heterocycles. The molecule has 3 nitrogen and oxygen atoms in total. The van der Waals surface area contributed by atoms with E-state index in [0.29, 0.717) is 0 Å². The maximum atomic E-state index is 12.0. The third-order valence-electron chi connectivity index (χ3n) is 3.09. The molecule has 0 aliphatic rings. The lowest BCUT2D eigenvalue weighted by Crippen LogP contribution is -2.50. The van der Waals surface area contributed by atoms with E-state index in [0.717, 1.165) is 12.0 Å². The summed E-state index contributed by atoms with van der Waals surface area (Å²) < 4.78 is 4.91. The van der Waals surface area contributed by atoms with Crippen LogP contribution in [0.5, 0.6) is 0 Å². The fourth-order valence-corrected chi connectivity index (χ4v) is 1.83. The number of esters is 1. The zero-order valence-corrected chi connectivity index (χ0v) is 11.0. The fraction of sp³-hybridized carbons (Fsp3) is 0.500. The Hall–Kier alpha value is -1.35. The van der Waals surface area contributed by atoms with E-state index in [1.54, 1.807) is 0 Å². The van der Waals surface area contributed by atoms with Gasteiger partial charge in [-0.1, -0.05) is 37.3 Å². The summed E-state index contributed by atoms with van der Waals surface area (Å²) in [6.45, 7) is 6.00. The molecule has 0 heterocycles. The van der Waals surface area contributed by atoms with Gasteiger partial charge in [-0.25, -0.2) is 4.79 Å². The minimum absolute atomic E-state index is 0.249. The predicted octanol–water partition coefficient (Wildman–Crippen LogP) is 2.46. The maximum absolute atomic E-state index is 12.0. The van der Waals surface area contributed by atoms with Crippen LogP contribution in [0, 0.1) is 0 Å². The monoisotopic (exact) mass is 235 g/mol. The minimum Gasteiger partial charge on any atom is -0.467 e. The molecule has 2 unspecified atom stereocenters. The van der Waals surface area contributed by atoms with Gasteiger partial charge in [-0.15, -0.1) is 0 Å². The van der Waals surface area contributed by atoms with Gasteiger partial charge >= 0.3 is 5.97 Å². The van der Waals surface area contributed by atoms with Gasteiger partial charge in [0.1, 0.15) is 5.54 Å². The summed E-state index contributed by atoms with van der Waals surface area (Å²) in [5, 5.41) is 3.34. The van der Waals surface area contributed by atoms with Crippen molar-refractivity contribution in [3.8, 4) is 0 Å². The molecular weight excluding hydrogens is 214 g/mol. The Morgan fingerprint density at radius 3 is 2.47 bits per heavy atom. The van der Waals surface area contributed by atoms with Gasteiger partial charge in [0, 0.05) is 6.04 Å².